The second-order valence-corrected chi connectivity index (χ2v) is 10.4. The van der Waals surface area contributed by atoms with Crippen molar-refractivity contribution in [3.63, 3.8) is 0 Å². The number of aryl methyl sites for hydroxylation is 2. The third kappa shape index (κ3) is 6.88. The van der Waals surface area contributed by atoms with Crippen LogP contribution in [-0.4, -0.2) is 46.2 Å². The van der Waals surface area contributed by atoms with E-state index in [2.05, 4.69) is 62.2 Å². The molecule has 0 radical (unpaired) electrons. The fourth-order valence-electron chi connectivity index (χ4n) is 4.60. The topological polar surface area (TPSA) is 56.4 Å². The van der Waals surface area contributed by atoms with Crippen LogP contribution in [0.25, 0.3) is 10.9 Å². The summed E-state index contributed by atoms with van der Waals surface area (Å²) in [5, 5.41) is 1.18. The first-order valence-corrected chi connectivity index (χ1v) is 13.0. The summed E-state index contributed by atoms with van der Waals surface area (Å²) < 4.78 is 0. The van der Waals surface area contributed by atoms with Crippen molar-refractivity contribution in [2.75, 3.05) is 19.6 Å². The van der Waals surface area contributed by atoms with Gasteiger partial charge < -0.3 is 14.8 Å². The van der Waals surface area contributed by atoms with Crippen molar-refractivity contribution in [3.05, 3.63) is 107 Å². The third-order valence-corrected chi connectivity index (χ3v) is 6.67. The molecular weight excluding hydrogens is 458 g/mol. The summed E-state index contributed by atoms with van der Waals surface area (Å²) in [4.78, 5) is 34.1. The van der Waals surface area contributed by atoms with Gasteiger partial charge in [-0.25, -0.2) is 0 Å². The van der Waals surface area contributed by atoms with E-state index in [1.54, 1.807) is 4.90 Å². The summed E-state index contributed by atoms with van der Waals surface area (Å²) in [6, 6.07) is 24.1. The zero-order chi connectivity index (χ0) is 26.4. The molecule has 0 spiro atoms. The summed E-state index contributed by atoms with van der Waals surface area (Å²) in [5.41, 5.74) is 6.27. The van der Waals surface area contributed by atoms with E-state index in [0.717, 1.165) is 23.1 Å². The smallest absolute Gasteiger partial charge is 0.254 e. The summed E-state index contributed by atoms with van der Waals surface area (Å²) >= 11 is 0. The predicted molar refractivity (Wildman–Crippen MR) is 151 cm³/mol. The van der Waals surface area contributed by atoms with Crippen molar-refractivity contribution in [3.8, 4) is 0 Å². The van der Waals surface area contributed by atoms with Gasteiger partial charge in [0.05, 0.1) is 0 Å². The number of aromatic amines is 1. The van der Waals surface area contributed by atoms with E-state index >= 15 is 0 Å². The van der Waals surface area contributed by atoms with Crippen LogP contribution in [0.5, 0.6) is 0 Å². The molecule has 192 valence electrons. The first-order valence-electron chi connectivity index (χ1n) is 13.0. The largest absolute Gasteiger partial charge is 0.361 e. The highest BCUT2D eigenvalue weighted by Crippen LogP contribution is 2.19. The van der Waals surface area contributed by atoms with Gasteiger partial charge in [0.15, 0.2) is 0 Å². The molecular formula is C32H37N3O2. The lowest BCUT2D eigenvalue weighted by Gasteiger charge is -2.29. The average molecular weight is 496 g/mol. The second kappa shape index (κ2) is 11.9. The van der Waals surface area contributed by atoms with Gasteiger partial charge in [-0.3, -0.25) is 9.59 Å². The minimum atomic E-state index is -0.103. The Labute approximate surface area is 220 Å². The van der Waals surface area contributed by atoms with E-state index in [-0.39, 0.29) is 24.3 Å². The highest BCUT2D eigenvalue weighted by molar-refractivity contribution is 5.96. The number of carbonyl (C=O) groups excluding carboxylic acids is 2. The molecule has 0 unspecified atom stereocenters. The lowest BCUT2D eigenvalue weighted by atomic mass is 10.1. The molecule has 1 aromatic heterocycles. The number of hydrogen-bond donors (Lipinski definition) is 1. The van der Waals surface area contributed by atoms with Gasteiger partial charge in [0, 0.05) is 42.3 Å². The number of nitrogens with one attached hydrogen (secondary N) is 1. The standard InChI is InChI=1S/C32H37N3O2/c1-23(2)20-35(32(37)27-15-11-25(4)12-16-27)22-31(36)34(21-26-13-9-24(3)10-14-26)18-17-28-19-33-30-8-6-5-7-29(28)30/h5-16,19,23,33H,17-18,20-22H2,1-4H3. The lowest BCUT2D eigenvalue weighted by molar-refractivity contribution is -0.132. The molecule has 0 saturated heterocycles. The molecule has 0 aliphatic rings. The number of amides is 2. The van der Waals surface area contributed by atoms with Crippen molar-refractivity contribution in [2.24, 2.45) is 5.92 Å². The first kappa shape index (κ1) is 26.2. The van der Waals surface area contributed by atoms with Crippen molar-refractivity contribution >= 4 is 22.7 Å². The van der Waals surface area contributed by atoms with Gasteiger partial charge >= 0.3 is 0 Å². The van der Waals surface area contributed by atoms with E-state index in [4.69, 9.17) is 0 Å². The first-order chi connectivity index (χ1) is 17.8. The van der Waals surface area contributed by atoms with E-state index in [0.29, 0.717) is 25.2 Å². The second-order valence-electron chi connectivity index (χ2n) is 10.4. The number of rotatable bonds is 10. The number of aromatic nitrogens is 1. The highest BCUT2D eigenvalue weighted by Gasteiger charge is 2.23. The van der Waals surface area contributed by atoms with Crippen LogP contribution in [0.2, 0.25) is 0 Å². The van der Waals surface area contributed by atoms with Crippen LogP contribution < -0.4 is 0 Å². The predicted octanol–water partition coefficient (Wildman–Crippen LogP) is 6.15. The van der Waals surface area contributed by atoms with E-state index in [1.807, 2.05) is 54.4 Å². The molecule has 5 heteroatoms. The van der Waals surface area contributed by atoms with Crippen molar-refractivity contribution in [2.45, 2.75) is 40.7 Å². The minimum Gasteiger partial charge on any atom is -0.361 e. The Morgan fingerprint density at radius 2 is 1.49 bits per heavy atom. The Hall–Kier alpha value is -3.86. The zero-order valence-electron chi connectivity index (χ0n) is 22.3. The van der Waals surface area contributed by atoms with Gasteiger partial charge in [-0.1, -0.05) is 79.6 Å². The van der Waals surface area contributed by atoms with Gasteiger partial charge in [-0.05, 0) is 55.5 Å². The molecule has 1 N–H and O–H groups in total. The SMILES string of the molecule is Cc1ccc(CN(CCc2c[nH]c3ccccc23)C(=O)CN(CC(C)C)C(=O)c2ccc(C)cc2)cc1. The van der Waals surface area contributed by atoms with Crippen LogP contribution in [0, 0.1) is 19.8 Å². The van der Waals surface area contributed by atoms with Crippen LogP contribution in [0.1, 0.15) is 46.5 Å². The molecule has 4 rings (SSSR count). The Morgan fingerprint density at radius 3 is 2.16 bits per heavy atom. The summed E-state index contributed by atoms with van der Waals surface area (Å²) in [6.07, 6.45) is 2.77. The summed E-state index contributed by atoms with van der Waals surface area (Å²) in [7, 11) is 0. The summed E-state index contributed by atoms with van der Waals surface area (Å²) in [5.74, 6) is 0.106. The number of benzene rings is 3. The fraction of sp³-hybridized carbons (Fsp3) is 0.312. The molecule has 0 atom stereocenters. The number of fused-ring (bicyclic) bond motifs is 1. The Bertz CT molecular complexity index is 1340. The van der Waals surface area contributed by atoms with Gasteiger partial charge in [-0.2, -0.15) is 0 Å². The number of H-pyrrole nitrogens is 1. The maximum atomic E-state index is 13.7. The van der Waals surface area contributed by atoms with Gasteiger partial charge in [0.1, 0.15) is 6.54 Å². The molecule has 0 aliphatic carbocycles. The van der Waals surface area contributed by atoms with Crippen LogP contribution >= 0.6 is 0 Å². The van der Waals surface area contributed by atoms with Crippen molar-refractivity contribution < 1.29 is 9.59 Å². The maximum absolute atomic E-state index is 13.7. The van der Waals surface area contributed by atoms with Crippen LogP contribution in [0.4, 0.5) is 0 Å². The molecule has 37 heavy (non-hydrogen) atoms. The lowest BCUT2D eigenvalue weighted by Crippen LogP contribution is -2.44. The normalized spacial score (nSPS) is 11.2. The molecule has 0 aliphatic heterocycles. The monoisotopic (exact) mass is 495 g/mol. The molecule has 5 nitrogen and oxygen atoms in total. The Balaban J connectivity index is 1.55. The van der Waals surface area contributed by atoms with Crippen LogP contribution in [-0.2, 0) is 17.8 Å². The molecule has 2 amide bonds. The maximum Gasteiger partial charge on any atom is 0.254 e. The number of para-hydroxylation sites is 1. The van der Waals surface area contributed by atoms with E-state index < -0.39 is 0 Å². The molecule has 0 saturated carbocycles. The fourth-order valence-corrected chi connectivity index (χ4v) is 4.60. The highest BCUT2D eigenvalue weighted by atomic mass is 16.2. The van der Waals surface area contributed by atoms with Crippen molar-refractivity contribution in [1.82, 2.24) is 14.8 Å². The van der Waals surface area contributed by atoms with Gasteiger partial charge in [0.2, 0.25) is 5.91 Å². The van der Waals surface area contributed by atoms with E-state index in [9.17, 15) is 9.59 Å². The van der Waals surface area contributed by atoms with Gasteiger partial charge in [0.25, 0.3) is 5.91 Å². The Kier molecular flexibility index (Phi) is 8.44. The quantitative estimate of drug-likeness (QED) is 0.287. The molecule has 3 aromatic carbocycles. The molecule has 0 bridgehead atoms. The number of hydrogen-bond acceptors (Lipinski definition) is 2. The zero-order valence-corrected chi connectivity index (χ0v) is 22.3. The van der Waals surface area contributed by atoms with Gasteiger partial charge in [-0.15, -0.1) is 0 Å². The third-order valence-electron chi connectivity index (χ3n) is 6.67. The van der Waals surface area contributed by atoms with E-state index in [1.165, 1.54) is 16.5 Å². The average Bonchev–Trinajstić information content (AvgIpc) is 3.30. The molecule has 1 heterocycles. The van der Waals surface area contributed by atoms with Crippen LogP contribution in [0.3, 0.4) is 0 Å². The van der Waals surface area contributed by atoms with Crippen LogP contribution in [0.15, 0.2) is 79.0 Å². The molecule has 4 aromatic rings. The van der Waals surface area contributed by atoms with Crippen molar-refractivity contribution in [1.29, 1.82) is 0 Å². The minimum absolute atomic E-state index is 0.0403. The summed E-state index contributed by atoms with van der Waals surface area (Å²) in [6.45, 7) is 9.87. The Morgan fingerprint density at radius 1 is 0.838 bits per heavy atom. The molecule has 0 fully saturated rings. The number of carbonyl (C=O) groups is 2. The number of nitrogens with zero attached hydrogens (tertiary/aromatic N) is 2.